The molecule has 0 bridgehead atoms. The summed E-state index contributed by atoms with van der Waals surface area (Å²) in [4.78, 5) is 13.5. The van der Waals surface area contributed by atoms with E-state index >= 15 is 0 Å². The Hall–Kier alpha value is -1.35. The number of benzene rings is 1. The number of nitrogens with zero attached hydrogens (tertiary/aromatic N) is 1. The van der Waals surface area contributed by atoms with Crippen LogP contribution in [-0.4, -0.2) is 28.6 Å². The number of hydrogen-bond acceptors (Lipinski definition) is 2. The number of likely N-dealkylation sites (tertiary alicyclic amines) is 1. The van der Waals surface area contributed by atoms with Gasteiger partial charge in [-0.15, -0.1) is 0 Å². The molecular weight excluding hydrogens is 214 g/mol. The molecule has 1 saturated heterocycles. The van der Waals surface area contributed by atoms with Gasteiger partial charge in [0.25, 0.3) is 0 Å². The lowest BCUT2D eigenvalue weighted by atomic mass is 10.0. The van der Waals surface area contributed by atoms with Crippen LogP contribution in [0.2, 0.25) is 0 Å². The van der Waals surface area contributed by atoms with Gasteiger partial charge in [-0.25, -0.2) is 0 Å². The highest BCUT2D eigenvalue weighted by molar-refractivity contribution is 5.79. The van der Waals surface area contributed by atoms with Gasteiger partial charge in [0.15, 0.2) is 0 Å². The van der Waals surface area contributed by atoms with Crippen molar-refractivity contribution in [3.05, 3.63) is 34.9 Å². The van der Waals surface area contributed by atoms with Crippen molar-refractivity contribution >= 4 is 5.91 Å². The second-order valence-corrected chi connectivity index (χ2v) is 4.92. The van der Waals surface area contributed by atoms with Crippen molar-refractivity contribution in [2.45, 2.75) is 39.3 Å². The summed E-state index contributed by atoms with van der Waals surface area (Å²) in [6.45, 7) is 6.62. The summed E-state index contributed by atoms with van der Waals surface area (Å²) in [6, 6.07) is 6.31. The summed E-state index contributed by atoms with van der Waals surface area (Å²) in [5.41, 5.74) is 3.63. The van der Waals surface area contributed by atoms with Crippen LogP contribution in [0.5, 0.6) is 0 Å². The van der Waals surface area contributed by atoms with Crippen LogP contribution >= 0.6 is 0 Å². The van der Waals surface area contributed by atoms with Gasteiger partial charge in [0.05, 0.1) is 18.6 Å². The van der Waals surface area contributed by atoms with E-state index in [1.165, 1.54) is 11.1 Å². The van der Waals surface area contributed by atoms with Crippen molar-refractivity contribution < 1.29 is 9.90 Å². The minimum absolute atomic E-state index is 0.0407. The Kier molecular flexibility index (Phi) is 3.20. The standard InChI is InChI=1S/C14H19NO2/c1-9-4-5-12(6-10(9)2)11(3)15-8-13(16)7-14(15)17/h4-6,11,13,16H,7-8H2,1-3H3. The minimum Gasteiger partial charge on any atom is -0.391 e. The third-order valence-corrected chi connectivity index (χ3v) is 3.62. The summed E-state index contributed by atoms with van der Waals surface area (Å²) < 4.78 is 0. The SMILES string of the molecule is Cc1ccc(C(C)N2CC(O)CC2=O)cc1C. The van der Waals surface area contributed by atoms with Crippen molar-refractivity contribution in [2.24, 2.45) is 0 Å². The molecular formula is C14H19NO2. The zero-order valence-electron chi connectivity index (χ0n) is 10.6. The molecule has 1 aliphatic rings. The van der Waals surface area contributed by atoms with Crippen LogP contribution in [0.3, 0.4) is 0 Å². The highest BCUT2D eigenvalue weighted by Crippen LogP contribution is 2.26. The normalized spacial score (nSPS) is 22.0. The molecule has 1 fully saturated rings. The van der Waals surface area contributed by atoms with Crippen molar-refractivity contribution in [2.75, 3.05) is 6.54 Å². The Morgan fingerprint density at radius 3 is 2.59 bits per heavy atom. The number of β-amino-alcohol motifs (C(OH)–C–C–N with tert-alkyl or cyclic N) is 1. The maximum Gasteiger partial charge on any atom is 0.225 e. The molecule has 1 amide bonds. The van der Waals surface area contributed by atoms with Crippen LogP contribution in [0.4, 0.5) is 0 Å². The first-order chi connectivity index (χ1) is 7.99. The fourth-order valence-corrected chi connectivity index (χ4v) is 2.29. The predicted molar refractivity (Wildman–Crippen MR) is 66.7 cm³/mol. The van der Waals surface area contributed by atoms with E-state index in [0.29, 0.717) is 6.54 Å². The molecule has 17 heavy (non-hydrogen) atoms. The average molecular weight is 233 g/mol. The molecule has 1 aliphatic heterocycles. The highest BCUT2D eigenvalue weighted by atomic mass is 16.3. The molecule has 3 heteroatoms. The van der Waals surface area contributed by atoms with Crippen LogP contribution in [0.25, 0.3) is 0 Å². The zero-order valence-corrected chi connectivity index (χ0v) is 10.6. The van der Waals surface area contributed by atoms with Crippen LogP contribution in [-0.2, 0) is 4.79 Å². The average Bonchev–Trinajstić information content (AvgIpc) is 2.61. The van der Waals surface area contributed by atoms with Crippen molar-refractivity contribution in [1.82, 2.24) is 4.90 Å². The largest absolute Gasteiger partial charge is 0.391 e. The Morgan fingerprint density at radius 2 is 2.06 bits per heavy atom. The molecule has 1 aromatic carbocycles. The molecule has 0 aliphatic carbocycles. The van der Waals surface area contributed by atoms with Crippen molar-refractivity contribution in [3.63, 3.8) is 0 Å². The number of aliphatic hydroxyl groups is 1. The number of carbonyl (C=O) groups is 1. The summed E-state index contributed by atoms with van der Waals surface area (Å²) in [5, 5.41) is 9.50. The van der Waals surface area contributed by atoms with Gasteiger partial charge in [-0.05, 0) is 37.5 Å². The fraction of sp³-hybridized carbons (Fsp3) is 0.500. The molecule has 0 aromatic heterocycles. The number of aryl methyl sites for hydroxylation is 2. The Labute approximate surface area is 102 Å². The third-order valence-electron chi connectivity index (χ3n) is 3.62. The lowest BCUT2D eigenvalue weighted by Crippen LogP contribution is -2.29. The molecule has 92 valence electrons. The van der Waals surface area contributed by atoms with Crippen LogP contribution in [0.1, 0.15) is 36.1 Å². The van der Waals surface area contributed by atoms with Gasteiger partial charge in [0, 0.05) is 6.54 Å². The second kappa shape index (κ2) is 4.49. The maximum atomic E-state index is 11.7. The number of rotatable bonds is 2. The van der Waals surface area contributed by atoms with Gasteiger partial charge in [-0.2, -0.15) is 0 Å². The lowest BCUT2D eigenvalue weighted by molar-refractivity contribution is -0.129. The second-order valence-electron chi connectivity index (χ2n) is 4.92. The molecule has 0 spiro atoms. The first kappa shape index (κ1) is 12.1. The molecule has 0 radical (unpaired) electrons. The maximum absolute atomic E-state index is 11.7. The van der Waals surface area contributed by atoms with Crippen LogP contribution in [0.15, 0.2) is 18.2 Å². The molecule has 2 unspecified atom stereocenters. The molecule has 2 rings (SSSR count). The Balaban J connectivity index is 2.22. The quantitative estimate of drug-likeness (QED) is 0.848. The summed E-state index contributed by atoms with van der Waals surface area (Å²) in [7, 11) is 0. The van der Waals surface area contributed by atoms with E-state index in [9.17, 15) is 9.90 Å². The van der Waals surface area contributed by atoms with Gasteiger partial charge in [0.2, 0.25) is 5.91 Å². The lowest BCUT2D eigenvalue weighted by Gasteiger charge is -2.25. The monoisotopic (exact) mass is 233 g/mol. The Morgan fingerprint density at radius 1 is 1.35 bits per heavy atom. The van der Waals surface area contributed by atoms with E-state index in [-0.39, 0.29) is 18.4 Å². The molecule has 2 atom stereocenters. The van der Waals surface area contributed by atoms with E-state index in [1.807, 2.05) is 6.92 Å². The molecule has 3 nitrogen and oxygen atoms in total. The van der Waals surface area contributed by atoms with Crippen molar-refractivity contribution in [1.29, 1.82) is 0 Å². The predicted octanol–water partition coefficient (Wildman–Crippen LogP) is 1.96. The third kappa shape index (κ3) is 2.34. The van der Waals surface area contributed by atoms with E-state index < -0.39 is 6.10 Å². The van der Waals surface area contributed by atoms with E-state index in [4.69, 9.17) is 0 Å². The van der Waals surface area contributed by atoms with E-state index in [1.54, 1.807) is 4.90 Å². The number of hydrogen-bond donors (Lipinski definition) is 1. The van der Waals surface area contributed by atoms with E-state index in [2.05, 4.69) is 32.0 Å². The highest BCUT2D eigenvalue weighted by Gasteiger charge is 2.31. The van der Waals surface area contributed by atoms with Crippen molar-refractivity contribution in [3.8, 4) is 0 Å². The Bertz CT molecular complexity index is 442. The first-order valence-electron chi connectivity index (χ1n) is 6.03. The summed E-state index contributed by atoms with van der Waals surface area (Å²) >= 11 is 0. The molecule has 0 saturated carbocycles. The minimum atomic E-state index is -0.503. The summed E-state index contributed by atoms with van der Waals surface area (Å²) in [6.07, 6.45) is -0.244. The number of aliphatic hydroxyl groups excluding tert-OH is 1. The number of amides is 1. The smallest absolute Gasteiger partial charge is 0.225 e. The molecule has 1 N–H and O–H groups in total. The van der Waals surface area contributed by atoms with Gasteiger partial charge >= 0.3 is 0 Å². The molecule has 1 aromatic rings. The van der Waals surface area contributed by atoms with Crippen LogP contribution in [0, 0.1) is 13.8 Å². The zero-order chi connectivity index (χ0) is 12.6. The van der Waals surface area contributed by atoms with Gasteiger partial charge < -0.3 is 10.0 Å². The van der Waals surface area contributed by atoms with E-state index in [0.717, 1.165) is 5.56 Å². The van der Waals surface area contributed by atoms with Gasteiger partial charge in [0.1, 0.15) is 0 Å². The topological polar surface area (TPSA) is 40.5 Å². The van der Waals surface area contributed by atoms with Gasteiger partial charge in [-0.3, -0.25) is 4.79 Å². The summed E-state index contributed by atoms with van der Waals surface area (Å²) in [5.74, 6) is 0.0447. The number of carbonyl (C=O) groups excluding carboxylic acids is 1. The fourth-order valence-electron chi connectivity index (χ4n) is 2.29. The van der Waals surface area contributed by atoms with Crippen LogP contribution < -0.4 is 0 Å². The molecule has 1 heterocycles. The van der Waals surface area contributed by atoms with Gasteiger partial charge in [-0.1, -0.05) is 18.2 Å². The first-order valence-corrected chi connectivity index (χ1v) is 6.03.